The Morgan fingerprint density at radius 2 is 1.32 bits per heavy atom. The predicted molar refractivity (Wildman–Crippen MR) is 110 cm³/mol. The Labute approximate surface area is 167 Å². The molecule has 1 aliphatic carbocycles. The molecule has 4 nitrogen and oxygen atoms in total. The molecule has 2 aliphatic rings. The molecule has 2 aromatic rings. The highest BCUT2D eigenvalue weighted by molar-refractivity contribution is 5.93. The van der Waals surface area contributed by atoms with E-state index < -0.39 is 10.8 Å². The van der Waals surface area contributed by atoms with Crippen LogP contribution in [0.15, 0.2) is 48.5 Å². The quantitative estimate of drug-likeness (QED) is 0.824. The Morgan fingerprint density at radius 1 is 0.857 bits per heavy atom. The van der Waals surface area contributed by atoms with Gasteiger partial charge in [-0.1, -0.05) is 44.5 Å². The van der Waals surface area contributed by atoms with Gasteiger partial charge < -0.3 is 14.8 Å². The van der Waals surface area contributed by atoms with Gasteiger partial charge in [0.15, 0.2) is 0 Å². The zero-order valence-electron chi connectivity index (χ0n) is 17.1. The van der Waals surface area contributed by atoms with Crippen molar-refractivity contribution in [2.75, 3.05) is 14.2 Å². The van der Waals surface area contributed by atoms with Gasteiger partial charge in [-0.05, 0) is 48.2 Å². The van der Waals surface area contributed by atoms with Gasteiger partial charge in [0.1, 0.15) is 17.3 Å². The largest absolute Gasteiger partial charge is 0.497 e. The molecule has 0 spiro atoms. The number of fused-ring (bicyclic) bond motifs is 2. The van der Waals surface area contributed by atoms with E-state index in [0.29, 0.717) is 5.78 Å². The normalized spacial score (nSPS) is 32.1. The molecule has 148 valence electrons. The van der Waals surface area contributed by atoms with Crippen LogP contribution in [0.3, 0.4) is 0 Å². The number of carbonyl (C=O) groups excluding carboxylic acids is 1. The van der Waals surface area contributed by atoms with Gasteiger partial charge in [-0.3, -0.25) is 4.79 Å². The first kappa shape index (κ1) is 19.0. The number of ketones is 1. The Bertz CT molecular complexity index is 825. The molecule has 2 unspecified atom stereocenters. The topological polar surface area (TPSA) is 47.6 Å². The number of piperidine rings is 1. The summed E-state index contributed by atoms with van der Waals surface area (Å²) in [4.78, 5) is 13.8. The van der Waals surface area contributed by atoms with Gasteiger partial charge in [-0.25, -0.2) is 0 Å². The number of nitrogens with one attached hydrogen (secondary N) is 1. The third-order valence-electron chi connectivity index (χ3n) is 6.89. The van der Waals surface area contributed by atoms with E-state index in [9.17, 15) is 4.79 Å². The van der Waals surface area contributed by atoms with E-state index in [4.69, 9.17) is 9.47 Å². The van der Waals surface area contributed by atoms with Gasteiger partial charge in [-0.15, -0.1) is 0 Å². The molecule has 2 fully saturated rings. The monoisotopic (exact) mass is 379 g/mol. The highest BCUT2D eigenvalue weighted by atomic mass is 16.5. The van der Waals surface area contributed by atoms with Crippen molar-refractivity contribution < 1.29 is 14.3 Å². The Hall–Kier alpha value is -2.33. The number of ether oxygens (including phenoxy) is 2. The fourth-order valence-corrected chi connectivity index (χ4v) is 5.36. The predicted octanol–water partition coefficient (Wildman–Crippen LogP) is 4.86. The number of hydrogen-bond acceptors (Lipinski definition) is 4. The molecule has 2 aromatic carbocycles. The van der Waals surface area contributed by atoms with E-state index >= 15 is 0 Å². The average Bonchev–Trinajstić information content (AvgIpc) is 2.71. The van der Waals surface area contributed by atoms with Gasteiger partial charge in [0.25, 0.3) is 0 Å². The van der Waals surface area contributed by atoms with Crippen LogP contribution in [0, 0.1) is 10.8 Å². The van der Waals surface area contributed by atoms with Crippen LogP contribution in [-0.2, 0) is 4.79 Å². The van der Waals surface area contributed by atoms with E-state index in [1.165, 1.54) is 0 Å². The lowest BCUT2D eigenvalue weighted by Gasteiger charge is -2.56. The maximum Gasteiger partial charge on any atom is 0.148 e. The number of hydrogen-bond donors (Lipinski definition) is 1. The molecule has 1 aliphatic heterocycles. The molecule has 0 aromatic heterocycles. The van der Waals surface area contributed by atoms with Gasteiger partial charge in [0.2, 0.25) is 0 Å². The average molecular weight is 380 g/mol. The van der Waals surface area contributed by atoms with Crippen molar-refractivity contribution in [2.24, 2.45) is 10.8 Å². The molecule has 1 heterocycles. The van der Waals surface area contributed by atoms with Crippen molar-refractivity contribution in [1.29, 1.82) is 0 Å². The Balaban J connectivity index is 1.82. The van der Waals surface area contributed by atoms with Gasteiger partial charge in [0, 0.05) is 22.9 Å². The lowest BCUT2D eigenvalue weighted by atomic mass is 9.52. The molecule has 4 rings (SSSR count). The van der Waals surface area contributed by atoms with Crippen LogP contribution >= 0.6 is 0 Å². The zero-order valence-corrected chi connectivity index (χ0v) is 17.1. The van der Waals surface area contributed by atoms with E-state index in [-0.39, 0.29) is 12.1 Å². The molecule has 4 heteroatoms. The standard InChI is InChI=1S/C24H29NO3/c1-23-12-7-13-24(2,22(23)26)21(17-9-6-11-19(15-17)28-4)25-20(23)16-8-5-10-18(14-16)27-3/h5-6,8-11,14-15,20-21,25H,7,12-13H2,1-4H3/t20?,21?,23-,24+. The second kappa shape index (κ2) is 6.93. The molecule has 1 N–H and O–H groups in total. The van der Waals surface area contributed by atoms with Crippen LogP contribution in [0.1, 0.15) is 56.3 Å². The van der Waals surface area contributed by atoms with Crippen LogP contribution in [0.5, 0.6) is 11.5 Å². The molecule has 1 saturated carbocycles. The summed E-state index contributed by atoms with van der Waals surface area (Å²) < 4.78 is 10.9. The summed E-state index contributed by atoms with van der Waals surface area (Å²) in [5.74, 6) is 2.00. The maximum absolute atomic E-state index is 13.8. The first-order chi connectivity index (χ1) is 13.4. The van der Waals surface area contributed by atoms with Crippen LogP contribution in [0.4, 0.5) is 0 Å². The van der Waals surface area contributed by atoms with Crippen molar-refractivity contribution in [3.63, 3.8) is 0 Å². The second-order valence-corrected chi connectivity index (χ2v) is 8.60. The van der Waals surface area contributed by atoms with E-state index in [1.54, 1.807) is 14.2 Å². The van der Waals surface area contributed by atoms with Gasteiger partial charge in [0.05, 0.1) is 14.2 Å². The fraction of sp³-hybridized carbons (Fsp3) is 0.458. The minimum atomic E-state index is -0.422. The zero-order chi connectivity index (χ0) is 19.9. The molecule has 2 bridgehead atoms. The minimum Gasteiger partial charge on any atom is -0.497 e. The highest BCUT2D eigenvalue weighted by Crippen LogP contribution is 2.59. The summed E-state index contributed by atoms with van der Waals surface area (Å²) in [5, 5.41) is 3.87. The summed E-state index contributed by atoms with van der Waals surface area (Å²) >= 11 is 0. The summed E-state index contributed by atoms with van der Waals surface area (Å²) in [7, 11) is 3.36. The second-order valence-electron chi connectivity index (χ2n) is 8.60. The van der Waals surface area contributed by atoms with E-state index in [0.717, 1.165) is 41.9 Å². The van der Waals surface area contributed by atoms with E-state index in [2.05, 4.69) is 43.4 Å². The maximum atomic E-state index is 13.8. The van der Waals surface area contributed by atoms with Crippen LogP contribution < -0.4 is 14.8 Å². The molecule has 0 radical (unpaired) electrons. The third kappa shape index (κ3) is 2.82. The van der Waals surface area contributed by atoms with Crippen molar-refractivity contribution in [1.82, 2.24) is 5.32 Å². The Kier molecular flexibility index (Phi) is 4.70. The fourth-order valence-electron chi connectivity index (χ4n) is 5.36. The summed E-state index contributed by atoms with van der Waals surface area (Å²) in [5.41, 5.74) is 1.36. The first-order valence-corrected chi connectivity index (χ1v) is 10.0. The van der Waals surface area contributed by atoms with Gasteiger partial charge >= 0.3 is 0 Å². The number of rotatable bonds is 4. The number of carbonyl (C=O) groups is 1. The molecular formula is C24H29NO3. The van der Waals surface area contributed by atoms with Crippen LogP contribution in [0.25, 0.3) is 0 Å². The molecule has 1 saturated heterocycles. The SMILES string of the molecule is COc1cccc(C2NC(c3cccc(OC)c3)[C@]3(C)CCC[C@@]2(C)C3=O)c1. The summed E-state index contributed by atoms with van der Waals surface area (Å²) in [6.45, 7) is 4.26. The molecule has 0 amide bonds. The molecule has 4 atom stereocenters. The minimum absolute atomic E-state index is 0.0559. The number of benzene rings is 2. The van der Waals surface area contributed by atoms with E-state index in [1.807, 2.05) is 24.3 Å². The van der Waals surface area contributed by atoms with Gasteiger partial charge in [-0.2, -0.15) is 0 Å². The van der Waals surface area contributed by atoms with Crippen molar-refractivity contribution in [2.45, 2.75) is 45.2 Å². The van der Waals surface area contributed by atoms with Crippen molar-refractivity contribution in [3.05, 3.63) is 59.7 Å². The Morgan fingerprint density at radius 3 is 1.75 bits per heavy atom. The summed E-state index contributed by atoms with van der Waals surface area (Å²) in [6, 6.07) is 16.1. The first-order valence-electron chi connectivity index (χ1n) is 10.0. The number of methoxy groups -OCH3 is 2. The number of Topliss-reactive ketones (excluding diaryl/α,β-unsaturated/α-hetero) is 1. The smallest absolute Gasteiger partial charge is 0.148 e. The third-order valence-corrected chi connectivity index (χ3v) is 6.89. The molecule has 28 heavy (non-hydrogen) atoms. The van der Waals surface area contributed by atoms with Crippen LogP contribution in [0.2, 0.25) is 0 Å². The van der Waals surface area contributed by atoms with Crippen molar-refractivity contribution in [3.8, 4) is 11.5 Å². The lowest BCUT2D eigenvalue weighted by Crippen LogP contribution is -2.61. The molecular weight excluding hydrogens is 350 g/mol. The lowest BCUT2D eigenvalue weighted by molar-refractivity contribution is -0.153. The summed E-state index contributed by atoms with van der Waals surface area (Å²) in [6.07, 6.45) is 2.86. The van der Waals surface area contributed by atoms with Crippen LogP contribution in [-0.4, -0.2) is 20.0 Å². The highest BCUT2D eigenvalue weighted by Gasteiger charge is 2.60. The van der Waals surface area contributed by atoms with Crippen molar-refractivity contribution >= 4 is 5.78 Å².